The first-order chi connectivity index (χ1) is 17.4. The Labute approximate surface area is 212 Å². The van der Waals surface area contributed by atoms with Gasteiger partial charge in [-0.1, -0.05) is 35.5 Å². The summed E-state index contributed by atoms with van der Waals surface area (Å²) < 4.78 is 16.0. The lowest BCUT2D eigenvalue weighted by Gasteiger charge is -2.29. The maximum Gasteiger partial charge on any atom is 0.328 e. The van der Waals surface area contributed by atoms with Crippen LogP contribution in [0.4, 0.5) is 0 Å². The van der Waals surface area contributed by atoms with Crippen LogP contribution in [0.25, 0.3) is 11.1 Å². The first-order valence-corrected chi connectivity index (χ1v) is 11.9. The molecule has 194 valence electrons. The van der Waals surface area contributed by atoms with Crippen molar-refractivity contribution >= 4 is 17.6 Å². The third-order valence-corrected chi connectivity index (χ3v) is 6.43. The Balaban J connectivity index is 1.78. The molecular formula is C27H35N3O6. The van der Waals surface area contributed by atoms with Gasteiger partial charge in [0.25, 0.3) is 5.91 Å². The number of ether oxygens (including phenoxy) is 3. The Morgan fingerprint density at radius 1 is 1.00 bits per heavy atom. The highest BCUT2D eigenvalue weighted by atomic mass is 16.6. The average Bonchev–Trinajstić information content (AvgIpc) is 2.91. The van der Waals surface area contributed by atoms with Crippen LogP contribution in [0.2, 0.25) is 0 Å². The molecule has 0 aromatic heterocycles. The molecule has 0 bridgehead atoms. The van der Waals surface area contributed by atoms with Crippen molar-refractivity contribution in [2.75, 3.05) is 48.6 Å². The molecule has 0 unspecified atom stereocenters. The first kappa shape index (κ1) is 27.0. The molecule has 0 spiro atoms. The summed E-state index contributed by atoms with van der Waals surface area (Å²) in [5.74, 6) is 0.409. The highest BCUT2D eigenvalue weighted by Crippen LogP contribution is 2.38. The van der Waals surface area contributed by atoms with E-state index >= 15 is 0 Å². The monoisotopic (exact) mass is 497 g/mol. The quantitative estimate of drug-likeness (QED) is 0.306. The zero-order valence-corrected chi connectivity index (χ0v) is 21.6. The van der Waals surface area contributed by atoms with E-state index in [0.29, 0.717) is 17.2 Å². The molecule has 9 heteroatoms. The average molecular weight is 498 g/mol. The van der Waals surface area contributed by atoms with Gasteiger partial charge in [-0.05, 0) is 56.2 Å². The zero-order chi connectivity index (χ0) is 26.1. The number of carbonyl (C=O) groups excluding carboxylic acids is 2. The molecule has 0 saturated carbocycles. The van der Waals surface area contributed by atoms with Gasteiger partial charge in [-0.15, -0.1) is 0 Å². The predicted molar refractivity (Wildman–Crippen MR) is 137 cm³/mol. The van der Waals surface area contributed by atoms with Crippen molar-refractivity contribution < 1.29 is 28.6 Å². The summed E-state index contributed by atoms with van der Waals surface area (Å²) >= 11 is 0. The van der Waals surface area contributed by atoms with E-state index < -0.39 is 17.9 Å². The van der Waals surface area contributed by atoms with Crippen LogP contribution in [0.1, 0.15) is 18.4 Å². The van der Waals surface area contributed by atoms with Gasteiger partial charge >= 0.3 is 5.97 Å². The van der Waals surface area contributed by atoms with Crippen LogP contribution >= 0.6 is 0 Å². The molecule has 0 aliphatic carbocycles. The third-order valence-electron chi connectivity index (χ3n) is 6.43. The summed E-state index contributed by atoms with van der Waals surface area (Å²) in [6.07, 6.45) is 1.85. The Hall–Kier alpha value is -3.59. The molecule has 9 nitrogen and oxygen atoms in total. The molecule has 1 heterocycles. The fraction of sp³-hybridized carbons (Fsp3) is 0.444. The van der Waals surface area contributed by atoms with Gasteiger partial charge in [-0.3, -0.25) is 4.79 Å². The molecule has 36 heavy (non-hydrogen) atoms. The molecule has 3 rings (SSSR count). The molecule has 1 fully saturated rings. The molecule has 1 aliphatic heterocycles. The molecule has 2 aromatic carbocycles. The van der Waals surface area contributed by atoms with Crippen molar-refractivity contribution in [2.45, 2.75) is 25.3 Å². The summed E-state index contributed by atoms with van der Waals surface area (Å²) in [5.41, 5.74) is 2.90. The number of benzene rings is 2. The molecule has 2 aromatic rings. The first-order valence-electron chi connectivity index (χ1n) is 11.9. The SMILES string of the molecule is CON=C(C(=O)N[C@@H](Cc1ccc(-c2c(OC)cccc2OC)cc1)C(=O)OC)C1CCN(C)CC1. The van der Waals surface area contributed by atoms with Gasteiger partial charge in [0.05, 0.1) is 26.9 Å². The largest absolute Gasteiger partial charge is 0.496 e. The van der Waals surface area contributed by atoms with Crippen molar-refractivity contribution in [3.05, 3.63) is 48.0 Å². The Kier molecular flexibility index (Phi) is 9.69. The van der Waals surface area contributed by atoms with E-state index in [1.807, 2.05) is 49.5 Å². The summed E-state index contributed by atoms with van der Waals surface area (Å²) in [6.45, 7) is 1.73. The van der Waals surface area contributed by atoms with Gasteiger partial charge in [0.2, 0.25) is 0 Å². The number of amides is 1. The van der Waals surface area contributed by atoms with Crippen molar-refractivity contribution in [3.63, 3.8) is 0 Å². The lowest BCUT2D eigenvalue weighted by Crippen LogP contribution is -2.48. The van der Waals surface area contributed by atoms with E-state index in [-0.39, 0.29) is 12.3 Å². The van der Waals surface area contributed by atoms with Crippen LogP contribution in [0.15, 0.2) is 47.6 Å². The van der Waals surface area contributed by atoms with E-state index in [1.165, 1.54) is 14.2 Å². The smallest absolute Gasteiger partial charge is 0.328 e. The number of hydrogen-bond donors (Lipinski definition) is 1. The van der Waals surface area contributed by atoms with E-state index in [4.69, 9.17) is 19.0 Å². The fourth-order valence-electron chi connectivity index (χ4n) is 4.43. The lowest BCUT2D eigenvalue weighted by atomic mass is 9.91. The topological polar surface area (TPSA) is 98.7 Å². The number of nitrogens with one attached hydrogen (secondary N) is 1. The number of hydrogen-bond acceptors (Lipinski definition) is 8. The molecular weight excluding hydrogens is 462 g/mol. The number of methoxy groups -OCH3 is 3. The number of piperidine rings is 1. The fourth-order valence-corrected chi connectivity index (χ4v) is 4.43. The van der Waals surface area contributed by atoms with Crippen molar-refractivity contribution in [1.29, 1.82) is 0 Å². The zero-order valence-electron chi connectivity index (χ0n) is 21.6. The second-order valence-electron chi connectivity index (χ2n) is 8.72. The number of oxime groups is 1. The Bertz CT molecular complexity index is 1040. The van der Waals surface area contributed by atoms with Crippen LogP contribution < -0.4 is 14.8 Å². The highest BCUT2D eigenvalue weighted by molar-refractivity contribution is 6.39. The second kappa shape index (κ2) is 12.9. The van der Waals surface area contributed by atoms with E-state index in [9.17, 15) is 9.59 Å². The van der Waals surface area contributed by atoms with Crippen LogP contribution in [0, 0.1) is 5.92 Å². The lowest BCUT2D eigenvalue weighted by molar-refractivity contribution is -0.144. The van der Waals surface area contributed by atoms with Crippen LogP contribution in [-0.4, -0.2) is 77.1 Å². The van der Waals surface area contributed by atoms with Crippen LogP contribution in [0.3, 0.4) is 0 Å². The number of rotatable bonds is 10. The molecule has 1 N–H and O–H groups in total. The molecule has 1 atom stereocenters. The van der Waals surface area contributed by atoms with Gasteiger partial charge < -0.3 is 29.3 Å². The molecule has 1 saturated heterocycles. The van der Waals surface area contributed by atoms with E-state index in [2.05, 4.69) is 15.4 Å². The summed E-state index contributed by atoms with van der Waals surface area (Å²) in [5, 5.41) is 6.82. The van der Waals surface area contributed by atoms with Crippen LogP contribution in [-0.2, 0) is 25.6 Å². The molecule has 0 radical (unpaired) electrons. The third kappa shape index (κ3) is 6.54. The number of nitrogens with zero attached hydrogens (tertiary/aromatic N) is 2. The Morgan fingerprint density at radius 3 is 2.14 bits per heavy atom. The summed E-state index contributed by atoms with van der Waals surface area (Å²) in [6, 6.07) is 12.4. The minimum absolute atomic E-state index is 0.0328. The normalized spacial score (nSPS) is 15.6. The van der Waals surface area contributed by atoms with Crippen molar-refractivity contribution in [3.8, 4) is 22.6 Å². The number of esters is 1. The van der Waals surface area contributed by atoms with Gasteiger partial charge in [-0.2, -0.15) is 0 Å². The minimum atomic E-state index is -0.873. The predicted octanol–water partition coefficient (Wildman–Crippen LogP) is 2.92. The van der Waals surface area contributed by atoms with Crippen molar-refractivity contribution in [1.82, 2.24) is 10.2 Å². The van der Waals surface area contributed by atoms with Crippen LogP contribution in [0.5, 0.6) is 11.5 Å². The second-order valence-corrected chi connectivity index (χ2v) is 8.72. The number of likely N-dealkylation sites (tertiary alicyclic amines) is 1. The van der Waals surface area contributed by atoms with Gasteiger partial charge in [-0.25, -0.2) is 4.79 Å². The van der Waals surface area contributed by atoms with E-state index in [1.54, 1.807) is 14.2 Å². The van der Waals surface area contributed by atoms with Gasteiger partial charge in [0, 0.05) is 12.3 Å². The van der Waals surface area contributed by atoms with Crippen molar-refractivity contribution in [2.24, 2.45) is 11.1 Å². The summed E-state index contributed by atoms with van der Waals surface area (Å²) in [7, 11) is 8.00. The van der Waals surface area contributed by atoms with Gasteiger partial charge in [0.1, 0.15) is 30.4 Å². The highest BCUT2D eigenvalue weighted by Gasteiger charge is 2.31. The Morgan fingerprint density at radius 2 is 1.61 bits per heavy atom. The molecule has 1 aliphatic rings. The summed E-state index contributed by atoms with van der Waals surface area (Å²) in [4.78, 5) is 32.9. The standard InChI is InChI=1S/C27H35N3O6/c1-30-15-13-20(14-16-30)25(29-36-5)26(31)28-21(27(32)35-4)17-18-9-11-19(12-10-18)24-22(33-2)7-6-8-23(24)34-3/h6-12,20-21H,13-17H2,1-5H3,(H,28,31)/t21-/m0/s1. The minimum Gasteiger partial charge on any atom is -0.496 e. The molecule has 1 amide bonds. The van der Waals surface area contributed by atoms with E-state index in [0.717, 1.165) is 42.6 Å². The maximum atomic E-state index is 13.1. The van der Waals surface area contributed by atoms with Gasteiger partial charge in [0.15, 0.2) is 0 Å². The maximum absolute atomic E-state index is 13.1. The number of carbonyl (C=O) groups is 2.